The molecule has 35 heavy (non-hydrogen) atoms. The Balaban J connectivity index is 2.22. The van der Waals surface area contributed by atoms with E-state index in [0.29, 0.717) is 11.1 Å². The summed E-state index contributed by atoms with van der Waals surface area (Å²) in [6.07, 6.45) is -0.167. The molecule has 0 radical (unpaired) electrons. The Bertz CT molecular complexity index is 1030. The lowest BCUT2D eigenvalue weighted by atomic mass is 10.0. The van der Waals surface area contributed by atoms with E-state index in [4.69, 9.17) is 5.73 Å². The van der Waals surface area contributed by atoms with Gasteiger partial charge in [0.25, 0.3) is 0 Å². The summed E-state index contributed by atoms with van der Waals surface area (Å²) in [7, 11) is 0. The molecule has 0 bridgehead atoms. The minimum atomic E-state index is -1.38. The molecule has 0 spiro atoms. The van der Waals surface area contributed by atoms with Crippen molar-refractivity contribution in [3.63, 3.8) is 0 Å². The van der Waals surface area contributed by atoms with Crippen molar-refractivity contribution in [2.75, 3.05) is 13.2 Å². The largest absolute Gasteiger partial charge is 0.508 e. The smallest absolute Gasteiger partial charge is 0.326 e. The average molecular weight is 488 g/mol. The van der Waals surface area contributed by atoms with Crippen LogP contribution in [0.1, 0.15) is 11.1 Å². The number of hydrogen-bond acceptors (Lipinski definition) is 8. The van der Waals surface area contributed by atoms with Crippen molar-refractivity contribution < 1.29 is 39.6 Å². The predicted octanol–water partition coefficient (Wildman–Crippen LogP) is -1.63. The van der Waals surface area contributed by atoms with Crippen LogP contribution in [0.4, 0.5) is 0 Å². The third-order valence-electron chi connectivity index (χ3n) is 5.02. The summed E-state index contributed by atoms with van der Waals surface area (Å²) >= 11 is 0. The highest BCUT2D eigenvalue weighted by atomic mass is 16.4. The van der Waals surface area contributed by atoms with Gasteiger partial charge in [0.2, 0.25) is 17.7 Å². The van der Waals surface area contributed by atoms with Gasteiger partial charge in [-0.25, -0.2) is 4.79 Å². The number of carboxylic acids is 1. The number of phenolic OH excluding ortho intramolecular Hbond substituents is 2. The van der Waals surface area contributed by atoms with E-state index in [1.807, 2.05) is 0 Å². The van der Waals surface area contributed by atoms with Crippen molar-refractivity contribution in [2.45, 2.75) is 31.0 Å². The normalized spacial score (nSPS) is 13.2. The van der Waals surface area contributed by atoms with Gasteiger partial charge in [-0.3, -0.25) is 14.4 Å². The lowest BCUT2D eigenvalue weighted by Gasteiger charge is -2.24. The van der Waals surface area contributed by atoms with Crippen molar-refractivity contribution in [3.05, 3.63) is 59.7 Å². The highest BCUT2D eigenvalue weighted by Gasteiger charge is 2.29. The molecule has 0 heterocycles. The number of amides is 3. The minimum Gasteiger partial charge on any atom is -0.508 e. The SMILES string of the molecule is NCC(=O)NC(CO)C(=O)NC(Cc1ccc(O)cc1)C(=O)NC(Cc1ccc(O)cc1)C(=O)O. The van der Waals surface area contributed by atoms with Crippen LogP contribution in [0.15, 0.2) is 48.5 Å². The fourth-order valence-corrected chi connectivity index (χ4v) is 3.14. The van der Waals surface area contributed by atoms with E-state index >= 15 is 0 Å². The van der Waals surface area contributed by atoms with Gasteiger partial charge in [0.05, 0.1) is 13.2 Å². The van der Waals surface area contributed by atoms with Gasteiger partial charge in [0, 0.05) is 12.8 Å². The van der Waals surface area contributed by atoms with Crippen LogP contribution in [-0.4, -0.2) is 75.4 Å². The molecule has 2 aromatic rings. The number of hydrogen-bond donors (Lipinski definition) is 8. The Morgan fingerprint density at radius 3 is 1.57 bits per heavy atom. The maximum Gasteiger partial charge on any atom is 0.326 e. The van der Waals surface area contributed by atoms with E-state index in [2.05, 4.69) is 16.0 Å². The molecule has 3 unspecified atom stereocenters. The van der Waals surface area contributed by atoms with Crippen LogP contribution in [0.5, 0.6) is 11.5 Å². The zero-order chi connectivity index (χ0) is 26.0. The lowest BCUT2D eigenvalue weighted by Crippen LogP contribution is -2.57. The fraction of sp³-hybridized carbons (Fsp3) is 0.304. The second-order valence-corrected chi connectivity index (χ2v) is 7.71. The molecular weight excluding hydrogens is 460 g/mol. The number of aromatic hydroxyl groups is 2. The zero-order valence-electron chi connectivity index (χ0n) is 18.7. The second kappa shape index (κ2) is 12.9. The number of aliphatic hydroxyl groups excluding tert-OH is 1. The molecule has 0 fully saturated rings. The first-order valence-corrected chi connectivity index (χ1v) is 10.6. The number of nitrogens with one attached hydrogen (secondary N) is 3. The number of rotatable bonds is 12. The maximum absolute atomic E-state index is 13.1. The quantitative estimate of drug-likeness (QED) is 0.172. The molecule has 12 nitrogen and oxygen atoms in total. The Morgan fingerprint density at radius 2 is 1.14 bits per heavy atom. The molecule has 3 amide bonds. The summed E-state index contributed by atoms with van der Waals surface area (Å²) < 4.78 is 0. The molecule has 0 aliphatic carbocycles. The number of aliphatic carboxylic acids is 1. The fourth-order valence-electron chi connectivity index (χ4n) is 3.14. The molecule has 0 saturated carbocycles. The van der Waals surface area contributed by atoms with Gasteiger partial charge in [0.15, 0.2) is 0 Å². The van der Waals surface area contributed by atoms with Crippen molar-refractivity contribution in [2.24, 2.45) is 5.73 Å². The van der Waals surface area contributed by atoms with Crippen LogP contribution in [0.2, 0.25) is 0 Å². The summed E-state index contributed by atoms with van der Waals surface area (Å²) in [5, 5.41) is 45.0. The molecule has 0 aliphatic heterocycles. The summed E-state index contributed by atoms with van der Waals surface area (Å²) in [4.78, 5) is 49.0. The van der Waals surface area contributed by atoms with Crippen LogP contribution in [-0.2, 0) is 32.0 Å². The van der Waals surface area contributed by atoms with Gasteiger partial charge in [0.1, 0.15) is 29.6 Å². The summed E-state index contributed by atoms with van der Waals surface area (Å²) in [6.45, 7) is -1.18. The van der Waals surface area contributed by atoms with Crippen LogP contribution in [0, 0.1) is 0 Å². The number of carboxylic acid groups (broad SMARTS) is 1. The highest BCUT2D eigenvalue weighted by molar-refractivity contribution is 5.93. The molecule has 3 atom stereocenters. The third-order valence-corrected chi connectivity index (χ3v) is 5.02. The highest BCUT2D eigenvalue weighted by Crippen LogP contribution is 2.13. The minimum absolute atomic E-state index is 0.00139. The first-order chi connectivity index (χ1) is 16.6. The molecule has 2 aromatic carbocycles. The van der Waals surface area contributed by atoms with E-state index in [9.17, 15) is 39.6 Å². The van der Waals surface area contributed by atoms with Gasteiger partial charge < -0.3 is 42.1 Å². The van der Waals surface area contributed by atoms with Crippen LogP contribution < -0.4 is 21.7 Å². The number of aliphatic hydroxyl groups is 1. The first-order valence-electron chi connectivity index (χ1n) is 10.6. The van der Waals surface area contributed by atoms with Gasteiger partial charge >= 0.3 is 5.97 Å². The maximum atomic E-state index is 13.1. The Labute approximate surface area is 200 Å². The predicted molar refractivity (Wildman–Crippen MR) is 123 cm³/mol. The van der Waals surface area contributed by atoms with Crippen LogP contribution >= 0.6 is 0 Å². The van der Waals surface area contributed by atoms with Crippen molar-refractivity contribution in [1.29, 1.82) is 0 Å². The Kier molecular flexibility index (Phi) is 9.99. The van der Waals surface area contributed by atoms with Crippen LogP contribution in [0.3, 0.4) is 0 Å². The van der Waals surface area contributed by atoms with E-state index in [-0.39, 0.29) is 24.3 Å². The zero-order valence-corrected chi connectivity index (χ0v) is 18.7. The Morgan fingerprint density at radius 1 is 0.714 bits per heavy atom. The number of benzene rings is 2. The second-order valence-electron chi connectivity index (χ2n) is 7.71. The number of carbonyl (C=O) groups is 4. The average Bonchev–Trinajstić information content (AvgIpc) is 2.83. The number of nitrogens with two attached hydrogens (primary N) is 1. The van der Waals surface area contributed by atoms with Crippen molar-refractivity contribution in [1.82, 2.24) is 16.0 Å². The van der Waals surface area contributed by atoms with Crippen molar-refractivity contribution in [3.8, 4) is 11.5 Å². The van der Waals surface area contributed by atoms with E-state index < -0.39 is 55.0 Å². The summed E-state index contributed by atoms with van der Waals surface area (Å²) in [6, 6.07) is 7.59. The van der Waals surface area contributed by atoms with E-state index in [1.165, 1.54) is 48.5 Å². The topological polar surface area (TPSA) is 211 Å². The standard InChI is InChI=1S/C23H28N4O8/c24-11-20(31)25-19(12-28)22(33)26-17(9-13-1-5-15(29)6-2-13)21(32)27-18(23(34)35)10-14-3-7-16(30)8-4-14/h1-8,17-19,28-30H,9-12,24H2,(H,25,31)(H,26,33)(H,27,32)(H,34,35). The van der Waals surface area contributed by atoms with Gasteiger partial charge in [-0.15, -0.1) is 0 Å². The van der Waals surface area contributed by atoms with Gasteiger partial charge in [-0.05, 0) is 35.4 Å². The van der Waals surface area contributed by atoms with Crippen LogP contribution in [0.25, 0.3) is 0 Å². The Hall–Kier alpha value is -4.16. The van der Waals surface area contributed by atoms with E-state index in [1.54, 1.807) is 0 Å². The molecule has 12 heteroatoms. The monoisotopic (exact) mass is 488 g/mol. The summed E-state index contributed by atoms with van der Waals surface area (Å²) in [5.74, 6) is -3.72. The molecular formula is C23H28N4O8. The molecule has 188 valence electrons. The molecule has 0 aliphatic rings. The van der Waals surface area contributed by atoms with Crippen molar-refractivity contribution >= 4 is 23.7 Å². The lowest BCUT2D eigenvalue weighted by molar-refractivity contribution is -0.142. The summed E-state index contributed by atoms with van der Waals surface area (Å²) in [5.41, 5.74) is 6.30. The third kappa shape index (κ3) is 8.61. The molecule has 2 rings (SSSR count). The molecule has 0 saturated heterocycles. The van der Waals surface area contributed by atoms with Gasteiger partial charge in [-0.2, -0.15) is 0 Å². The van der Waals surface area contributed by atoms with Gasteiger partial charge in [-0.1, -0.05) is 24.3 Å². The number of phenols is 2. The van der Waals surface area contributed by atoms with E-state index in [0.717, 1.165) is 0 Å². The molecule has 0 aromatic heterocycles. The molecule has 9 N–H and O–H groups in total. The first kappa shape index (κ1) is 27.1. The number of carbonyl (C=O) groups excluding carboxylic acids is 3.